The van der Waals surface area contributed by atoms with E-state index in [1.807, 2.05) is 12.1 Å². The molecule has 1 saturated heterocycles. The van der Waals surface area contributed by atoms with Crippen LogP contribution < -0.4 is 5.73 Å². The second kappa shape index (κ2) is 14.1. The number of piperidine rings is 1. The summed E-state index contributed by atoms with van der Waals surface area (Å²) in [5.74, 6) is 0.578. The topological polar surface area (TPSA) is 104 Å². The molecule has 0 spiro atoms. The molecule has 0 bridgehead atoms. The summed E-state index contributed by atoms with van der Waals surface area (Å²) in [5.41, 5.74) is 7.49. The lowest BCUT2D eigenvalue weighted by Gasteiger charge is -2.35. The number of nitrogens with two attached hydrogens (primary N) is 1. The maximum Gasteiger partial charge on any atom is 0.451 e. The van der Waals surface area contributed by atoms with Crippen molar-refractivity contribution < 1.29 is 19.6 Å². The van der Waals surface area contributed by atoms with Crippen molar-refractivity contribution in [3.63, 3.8) is 0 Å². The minimum absolute atomic E-state index is 0.226. The fourth-order valence-electron chi connectivity index (χ4n) is 3.55. The summed E-state index contributed by atoms with van der Waals surface area (Å²) in [7, 11) is -1.19. The van der Waals surface area contributed by atoms with Crippen molar-refractivity contribution in [3.8, 4) is 0 Å². The quantitative estimate of drug-likeness (QED) is 0.411. The molecule has 9 heteroatoms. The zero-order valence-corrected chi connectivity index (χ0v) is 17.5. The lowest BCUT2D eigenvalue weighted by atomic mass is 9.82. The molecule has 0 aromatic heterocycles. The van der Waals surface area contributed by atoms with Crippen LogP contribution in [0.5, 0.6) is 0 Å². The van der Waals surface area contributed by atoms with Crippen molar-refractivity contribution in [2.75, 3.05) is 19.6 Å². The smallest absolute Gasteiger partial charge is 0.427 e. The van der Waals surface area contributed by atoms with Crippen LogP contribution in [-0.4, -0.2) is 53.9 Å². The molecule has 1 unspecified atom stereocenters. The lowest BCUT2D eigenvalue weighted by Crippen LogP contribution is -2.41. The molecule has 1 aliphatic rings. The van der Waals surface area contributed by atoms with E-state index >= 15 is 0 Å². The number of carbonyl (C=O) groups excluding carboxylic acids is 2. The van der Waals surface area contributed by atoms with Crippen LogP contribution in [0.1, 0.15) is 37.7 Å². The highest BCUT2D eigenvalue weighted by Gasteiger charge is 2.24. The van der Waals surface area contributed by atoms with Gasteiger partial charge >= 0.3 is 13.3 Å². The van der Waals surface area contributed by atoms with E-state index in [1.54, 1.807) is 6.07 Å². The maximum absolute atomic E-state index is 8.86. The van der Waals surface area contributed by atoms with E-state index in [0.717, 1.165) is 68.7 Å². The second-order valence-corrected chi connectivity index (χ2v) is 8.02. The molecule has 1 aromatic carbocycles. The van der Waals surface area contributed by atoms with Gasteiger partial charge in [-0.2, -0.15) is 9.59 Å². The Labute approximate surface area is 177 Å². The highest BCUT2D eigenvalue weighted by atomic mass is 35.5. The summed E-state index contributed by atoms with van der Waals surface area (Å²) < 4.78 is 0. The van der Waals surface area contributed by atoms with Crippen molar-refractivity contribution in [1.82, 2.24) is 4.90 Å². The van der Waals surface area contributed by atoms with Gasteiger partial charge in [-0.1, -0.05) is 42.1 Å². The Balaban J connectivity index is 0.00000122. The Bertz CT molecular complexity index is 608. The van der Waals surface area contributed by atoms with Crippen molar-refractivity contribution in [2.45, 2.75) is 50.9 Å². The number of halogens is 2. The number of unbranched alkanes of at least 4 members (excludes halogenated alkanes) is 1. The molecule has 1 heterocycles. The fourth-order valence-corrected chi connectivity index (χ4v) is 4.05. The summed E-state index contributed by atoms with van der Waals surface area (Å²) in [6.07, 6.45) is 6.67. The molecule has 1 aliphatic heterocycles. The Morgan fingerprint density at radius 3 is 2.43 bits per heavy atom. The van der Waals surface area contributed by atoms with Crippen LogP contribution in [0.3, 0.4) is 0 Å². The number of nitrogens with zero attached hydrogens (tertiary/aromatic N) is 1. The highest BCUT2D eigenvalue weighted by molar-refractivity contribution is 6.40. The third-order valence-electron chi connectivity index (χ3n) is 5.20. The van der Waals surface area contributed by atoms with E-state index in [4.69, 9.17) is 48.6 Å². The van der Waals surface area contributed by atoms with Crippen LogP contribution in [0.2, 0.25) is 16.4 Å². The van der Waals surface area contributed by atoms with E-state index in [-0.39, 0.29) is 12.2 Å². The lowest BCUT2D eigenvalue weighted by molar-refractivity contribution is -0.191. The van der Waals surface area contributed by atoms with Crippen LogP contribution in [0, 0.1) is 5.92 Å². The summed E-state index contributed by atoms with van der Waals surface area (Å²) in [5, 5.41) is 19.2. The zero-order valence-electron chi connectivity index (χ0n) is 16.0. The van der Waals surface area contributed by atoms with Crippen LogP contribution >= 0.6 is 23.2 Å². The van der Waals surface area contributed by atoms with E-state index in [9.17, 15) is 0 Å². The van der Waals surface area contributed by atoms with Gasteiger partial charge in [0.25, 0.3) is 0 Å². The van der Waals surface area contributed by atoms with Gasteiger partial charge in [0.2, 0.25) is 0 Å². The summed E-state index contributed by atoms with van der Waals surface area (Å²) in [6, 6.07) is 5.93. The monoisotopic (exact) mass is 430 g/mol. The molecule has 1 fully saturated rings. The Morgan fingerprint density at radius 1 is 1.21 bits per heavy atom. The Kier molecular flexibility index (Phi) is 12.7. The van der Waals surface area contributed by atoms with Gasteiger partial charge in [0.15, 0.2) is 0 Å². The van der Waals surface area contributed by atoms with E-state index in [0.29, 0.717) is 17.3 Å². The molecular formula is C19H29BCl2N2O4. The Hall–Kier alpha value is -0.915. The third-order valence-corrected chi connectivity index (χ3v) is 5.79. The van der Waals surface area contributed by atoms with Gasteiger partial charge in [0, 0.05) is 22.6 Å². The predicted octanol–water partition coefficient (Wildman–Crippen LogP) is 2.63. The molecular weight excluding hydrogens is 402 g/mol. The van der Waals surface area contributed by atoms with Crippen LogP contribution in [0.15, 0.2) is 18.2 Å². The molecule has 2 rings (SSSR count). The zero-order chi connectivity index (χ0) is 20.9. The van der Waals surface area contributed by atoms with Crippen LogP contribution in [-0.2, 0) is 16.0 Å². The maximum atomic E-state index is 8.86. The standard InChI is InChI=1S/C18H29BCl2N2O2.CO2/c20-16-5-4-14(17(21)13-16)6-10-23-11-7-15(8-12-23)18(22)3-1-2-9-19(24)25;2-1-3/h4-5,13,15,18,24-25H,1-3,6-12,22H2;. The minimum atomic E-state index is -1.19. The first-order valence-corrected chi connectivity index (χ1v) is 10.4. The first-order valence-electron chi connectivity index (χ1n) is 9.64. The van der Waals surface area contributed by atoms with E-state index in [1.165, 1.54) is 0 Å². The molecule has 0 aliphatic carbocycles. The van der Waals surface area contributed by atoms with E-state index < -0.39 is 7.12 Å². The summed E-state index contributed by atoms with van der Waals surface area (Å²) >= 11 is 12.2. The first-order chi connectivity index (χ1) is 13.4. The van der Waals surface area contributed by atoms with Crippen LogP contribution in [0.25, 0.3) is 0 Å². The fraction of sp³-hybridized carbons (Fsp3) is 0.632. The highest BCUT2D eigenvalue weighted by Crippen LogP contribution is 2.25. The molecule has 1 aromatic rings. The average Bonchev–Trinajstić information content (AvgIpc) is 2.65. The number of benzene rings is 1. The van der Waals surface area contributed by atoms with Gasteiger partial charge in [-0.3, -0.25) is 0 Å². The second-order valence-electron chi connectivity index (χ2n) is 7.18. The van der Waals surface area contributed by atoms with Gasteiger partial charge in [-0.25, -0.2) is 0 Å². The largest absolute Gasteiger partial charge is 0.451 e. The molecule has 1 atom stereocenters. The minimum Gasteiger partial charge on any atom is -0.427 e. The Morgan fingerprint density at radius 2 is 1.86 bits per heavy atom. The molecule has 6 nitrogen and oxygen atoms in total. The summed E-state index contributed by atoms with van der Waals surface area (Å²) in [6.45, 7) is 3.18. The SMILES string of the molecule is NC(CCCCB(O)O)C1CCN(CCc2ccc(Cl)cc2Cl)CC1.O=C=O. The van der Waals surface area contributed by atoms with Crippen molar-refractivity contribution in [2.24, 2.45) is 11.7 Å². The average molecular weight is 431 g/mol. The third kappa shape index (κ3) is 10.0. The van der Waals surface area contributed by atoms with E-state index in [2.05, 4.69) is 4.90 Å². The number of likely N-dealkylation sites (tertiary alicyclic amines) is 1. The normalized spacial score (nSPS) is 16.0. The van der Waals surface area contributed by atoms with Gasteiger partial charge < -0.3 is 20.7 Å². The molecule has 0 amide bonds. The predicted molar refractivity (Wildman–Crippen MR) is 111 cm³/mol. The molecule has 0 saturated carbocycles. The van der Waals surface area contributed by atoms with Crippen molar-refractivity contribution in [1.29, 1.82) is 0 Å². The molecule has 4 N–H and O–H groups in total. The number of hydrogen-bond acceptors (Lipinski definition) is 6. The van der Waals surface area contributed by atoms with Gasteiger partial charge in [0.1, 0.15) is 0 Å². The number of rotatable bonds is 9. The molecule has 0 radical (unpaired) electrons. The van der Waals surface area contributed by atoms with Gasteiger partial charge in [0.05, 0.1) is 0 Å². The molecule has 156 valence electrons. The molecule has 28 heavy (non-hydrogen) atoms. The van der Waals surface area contributed by atoms with Crippen molar-refractivity contribution in [3.05, 3.63) is 33.8 Å². The van der Waals surface area contributed by atoms with Gasteiger partial charge in [-0.05, 0) is 68.7 Å². The number of hydrogen-bond donors (Lipinski definition) is 3. The van der Waals surface area contributed by atoms with Crippen molar-refractivity contribution >= 4 is 36.5 Å². The van der Waals surface area contributed by atoms with Crippen LogP contribution in [0.4, 0.5) is 0 Å². The first kappa shape index (κ1) is 25.1. The van der Waals surface area contributed by atoms with Gasteiger partial charge in [-0.15, -0.1) is 0 Å². The summed E-state index contributed by atoms with van der Waals surface area (Å²) in [4.78, 5) is 18.7.